The number of amidine groups is 1. The van der Waals surface area contributed by atoms with Crippen LogP contribution in [0.25, 0.3) is 0 Å². The summed E-state index contributed by atoms with van der Waals surface area (Å²) in [5.41, 5.74) is 1.05. The lowest BCUT2D eigenvalue weighted by Crippen LogP contribution is -2.05. The van der Waals surface area contributed by atoms with Crippen molar-refractivity contribution in [2.45, 2.75) is 65.2 Å². The maximum absolute atomic E-state index is 4.35. The van der Waals surface area contributed by atoms with Crippen molar-refractivity contribution in [2.75, 3.05) is 0 Å². The van der Waals surface area contributed by atoms with E-state index in [-0.39, 0.29) is 0 Å². The molecule has 0 saturated heterocycles. The quantitative estimate of drug-likeness (QED) is 0.538. The van der Waals surface area contributed by atoms with E-state index in [2.05, 4.69) is 17.2 Å². The van der Waals surface area contributed by atoms with E-state index in [4.69, 9.17) is 0 Å². The Morgan fingerprint density at radius 3 is 2.27 bits per heavy atom. The van der Waals surface area contributed by atoms with Gasteiger partial charge in [-0.1, -0.05) is 45.4 Å². The lowest BCUT2D eigenvalue weighted by molar-refractivity contribution is 0.594. The van der Waals surface area contributed by atoms with Gasteiger partial charge in [-0.2, -0.15) is 0 Å². The molecule has 85 valence electrons. The van der Waals surface area contributed by atoms with Crippen LogP contribution in [-0.2, 0) is 0 Å². The van der Waals surface area contributed by atoms with Gasteiger partial charge in [-0.05, 0) is 13.3 Å². The Balaban J connectivity index is 1.88. The summed E-state index contributed by atoms with van der Waals surface area (Å²) in [5.74, 6) is 1.03. The summed E-state index contributed by atoms with van der Waals surface area (Å²) in [6, 6.07) is 0. The lowest BCUT2D eigenvalue weighted by Gasteiger charge is -2.01. The van der Waals surface area contributed by atoms with Gasteiger partial charge in [0.2, 0.25) is 0 Å². The Morgan fingerprint density at radius 2 is 1.67 bits per heavy atom. The summed E-state index contributed by atoms with van der Waals surface area (Å²) in [5, 5.41) is 4.25. The predicted molar refractivity (Wildman–Crippen MR) is 65.9 cm³/mol. The van der Waals surface area contributed by atoms with Crippen molar-refractivity contribution in [3.05, 3.63) is 11.9 Å². The molecule has 1 rings (SSSR count). The SMILES string of the molecule is CCCCCCCCCC1=NC(C)=C[N]1. The second-order valence-electron chi connectivity index (χ2n) is 4.30. The molecule has 0 aromatic heterocycles. The highest BCUT2D eigenvalue weighted by molar-refractivity contribution is 5.85. The maximum Gasteiger partial charge on any atom is 0.128 e. The highest BCUT2D eigenvalue weighted by atomic mass is 15.0. The first-order valence-electron chi connectivity index (χ1n) is 6.28. The molecule has 0 spiro atoms. The van der Waals surface area contributed by atoms with E-state index in [9.17, 15) is 0 Å². The van der Waals surface area contributed by atoms with E-state index in [1.165, 1.54) is 44.9 Å². The fourth-order valence-electron chi connectivity index (χ4n) is 1.79. The van der Waals surface area contributed by atoms with Crippen LogP contribution in [0.3, 0.4) is 0 Å². The van der Waals surface area contributed by atoms with Crippen LogP contribution in [0, 0.1) is 0 Å². The molecule has 15 heavy (non-hydrogen) atoms. The summed E-state index contributed by atoms with van der Waals surface area (Å²) < 4.78 is 0. The van der Waals surface area contributed by atoms with E-state index in [0.29, 0.717) is 0 Å². The molecular weight excluding hydrogens is 184 g/mol. The third-order valence-corrected chi connectivity index (χ3v) is 2.71. The van der Waals surface area contributed by atoms with E-state index in [1.54, 1.807) is 0 Å². The van der Waals surface area contributed by atoms with Crippen LogP contribution in [0.2, 0.25) is 0 Å². The summed E-state index contributed by atoms with van der Waals surface area (Å²) >= 11 is 0. The number of rotatable bonds is 8. The van der Waals surface area contributed by atoms with Gasteiger partial charge in [0.15, 0.2) is 0 Å². The first-order chi connectivity index (χ1) is 7.33. The van der Waals surface area contributed by atoms with Gasteiger partial charge in [0.25, 0.3) is 0 Å². The zero-order valence-electron chi connectivity index (χ0n) is 10.1. The van der Waals surface area contributed by atoms with Gasteiger partial charge in [-0.25, -0.2) is 10.3 Å². The standard InChI is InChI=1S/C13H23N2/c1-3-4-5-6-7-8-9-10-13-14-11-12(2)15-13/h11H,3-10H2,1-2H3. The zero-order chi connectivity index (χ0) is 10.9. The highest BCUT2D eigenvalue weighted by Gasteiger charge is 2.05. The molecule has 0 amide bonds. The molecule has 2 heteroatoms. The van der Waals surface area contributed by atoms with Gasteiger partial charge in [0.05, 0.1) is 11.9 Å². The largest absolute Gasteiger partial charge is 0.240 e. The average Bonchev–Trinajstić information content (AvgIpc) is 2.63. The van der Waals surface area contributed by atoms with Crippen molar-refractivity contribution < 1.29 is 0 Å². The van der Waals surface area contributed by atoms with Gasteiger partial charge in [0.1, 0.15) is 5.84 Å². The fraction of sp³-hybridized carbons (Fsp3) is 0.769. The monoisotopic (exact) mass is 207 g/mol. The molecule has 1 radical (unpaired) electrons. The Hall–Kier alpha value is -0.790. The van der Waals surface area contributed by atoms with Crippen LogP contribution in [0.15, 0.2) is 16.9 Å². The van der Waals surface area contributed by atoms with E-state index < -0.39 is 0 Å². The first-order valence-corrected chi connectivity index (χ1v) is 6.28. The van der Waals surface area contributed by atoms with Crippen molar-refractivity contribution in [2.24, 2.45) is 4.99 Å². The predicted octanol–water partition coefficient (Wildman–Crippen LogP) is 4.00. The average molecular weight is 207 g/mol. The molecule has 0 aliphatic carbocycles. The minimum atomic E-state index is 1.03. The fourth-order valence-corrected chi connectivity index (χ4v) is 1.79. The number of aliphatic imine (C=N–C) groups is 1. The van der Waals surface area contributed by atoms with Crippen molar-refractivity contribution in [1.82, 2.24) is 5.32 Å². The third-order valence-electron chi connectivity index (χ3n) is 2.71. The van der Waals surface area contributed by atoms with Crippen molar-refractivity contribution in [3.8, 4) is 0 Å². The van der Waals surface area contributed by atoms with Crippen molar-refractivity contribution >= 4 is 5.84 Å². The molecule has 0 aromatic carbocycles. The smallest absolute Gasteiger partial charge is 0.128 e. The molecular formula is C13H23N2. The number of hydrogen-bond acceptors (Lipinski definition) is 1. The van der Waals surface area contributed by atoms with E-state index in [0.717, 1.165) is 18.0 Å². The van der Waals surface area contributed by atoms with Crippen LogP contribution in [0.1, 0.15) is 65.2 Å². The molecule has 0 atom stereocenters. The molecule has 0 bridgehead atoms. The normalized spacial score (nSPS) is 14.8. The van der Waals surface area contributed by atoms with Gasteiger partial charge in [0, 0.05) is 6.42 Å². The van der Waals surface area contributed by atoms with Crippen LogP contribution in [0.4, 0.5) is 0 Å². The summed E-state index contributed by atoms with van der Waals surface area (Å²) in [4.78, 5) is 4.35. The molecule has 1 aliphatic rings. The summed E-state index contributed by atoms with van der Waals surface area (Å²) in [6.45, 7) is 4.26. The molecule has 0 N–H and O–H groups in total. The van der Waals surface area contributed by atoms with Crippen molar-refractivity contribution in [1.29, 1.82) is 0 Å². The minimum absolute atomic E-state index is 1.03. The number of hydrogen-bond donors (Lipinski definition) is 0. The van der Waals surface area contributed by atoms with Gasteiger partial charge in [-0.3, -0.25) is 0 Å². The first kappa shape index (κ1) is 12.3. The molecule has 2 nitrogen and oxygen atoms in total. The van der Waals surface area contributed by atoms with Gasteiger partial charge < -0.3 is 0 Å². The second kappa shape index (κ2) is 7.49. The summed E-state index contributed by atoms with van der Waals surface area (Å²) in [6.07, 6.45) is 12.4. The Labute approximate surface area is 93.9 Å². The second-order valence-corrected chi connectivity index (χ2v) is 4.30. The molecule has 0 aromatic rings. The minimum Gasteiger partial charge on any atom is -0.240 e. The third kappa shape index (κ3) is 5.60. The lowest BCUT2D eigenvalue weighted by atomic mass is 10.1. The zero-order valence-corrected chi connectivity index (χ0v) is 10.1. The van der Waals surface area contributed by atoms with E-state index >= 15 is 0 Å². The van der Waals surface area contributed by atoms with Crippen LogP contribution < -0.4 is 5.32 Å². The Bertz CT molecular complexity index is 229. The molecule has 0 saturated carbocycles. The maximum atomic E-state index is 4.35. The van der Waals surface area contributed by atoms with Crippen LogP contribution >= 0.6 is 0 Å². The Kier molecular flexibility index (Phi) is 6.14. The number of nitrogens with zero attached hydrogens (tertiary/aromatic N) is 2. The molecule has 1 aliphatic heterocycles. The van der Waals surface area contributed by atoms with Gasteiger partial charge >= 0.3 is 0 Å². The molecule has 0 fully saturated rings. The number of allylic oxidation sites excluding steroid dienone is 1. The topological polar surface area (TPSA) is 26.5 Å². The number of unbranched alkanes of at least 4 members (excludes halogenated alkanes) is 6. The van der Waals surface area contributed by atoms with Crippen LogP contribution in [-0.4, -0.2) is 5.84 Å². The van der Waals surface area contributed by atoms with E-state index in [1.807, 2.05) is 13.1 Å². The van der Waals surface area contributed by atoms with Crippen molar-refractivity contribution in [3.63, 3.8) is 0 Å². The Morgan fingerprint density at radius 1 is 1.00 bits per heavy atom. The van der Waals surface area contributed by atoms with Crippen LogP contribution in [0.5, 0.6) is 0 Å². The molecule has 0 unspecified atom stereocenters. The summed E-state index contributed by atoms with van der Waals surface area (Å²) in [7, 11) is 0. The highest BCUT2D eigenvalue weighted by Crippen LogP contribution is 2.11. The molecule has 1 heterocycles. The van der Waals surface area contributed by atoms with Gasteiger partial charge in [-0.15, -0.1) is 0 Å².